The molecule has 1 aromatic rings. The van der Waals surface area contributed by atoms with Gasteiger partial charge in [0.1, 0.15) is 12.1 Å². The van der Waals surface area contributed by atoms with E-state index in [0.29, 0.717) is 36.8 Å². The molecule has 29 heavy (non-hydrogen) atoms. The smallest absolute Gasteiger partial charge is 0.325 e. The van der Waals surface area contributed by atoms with Crippen molar-refractivity contribution in [2.45, 2.75) is 52.0 Å². The van der Waals surface area contributed by atoms with Crippen molar-refractivity contribution in [2.24, 2.45) is 5.92 Å². The van der Waals surface area contributed by atoms with Crippen LogP contribution in [0.25, 0.3) is 0 Å². The molecule has 0 radical (unpaired) electrons. The number of imide groups is 1. The number of hydrogen-bond acceptors (Lipinski definition) is 5. The van der Waals surface area contributed by atoms with E-state index < -0.39 is 17.5 Å². The predicted molar refractivity (Wildman–Crippen MR) is 108 cm³/mol. The molecule has 1 saturated carbocycles. The van der Waals surface area contributed by atoms with Crippen LogP contribution in [0.4, 0.5) is 10.5 Å². The molecule has 3 rings (SSSR count). The van der Waals surface area contributed by atoms with Gasteiger partial charge in [-0.15, -0.1) is 0 Å². The first kappa shape index (κ1) is 21.0. The molecule has 1 aliphatic heterocycles. The summed E-state index contributed by atoms with van der Waals surface area (Å²) in [4.78, 5) is 39.0. The first-order valence-electron chi connectivity index (χ1n) is 10.2. The number of urea groups is 1. The van der Waals surface area contributed by atoms with Gasteiger partial charge >= 0.3 is 6.03 Å². The quantitative estimate of drug-likeness (QED) is 0.683. The SMILES string of the molecule is CCOc1ccc(NC(=O)CN2C(=O)N[C@@]3(CCCC[C@H]3C)C2=O)cc1OCC. The van der Waals surface area contributed by atoms with Crippen molar-refractivity contribution in [1.82, 2.24) is 10.2 Å². The van der Waals surface area contributed by atoms with Gasteiger partial charge in [-0.2, -0.15) is 0 Å². The maximum Gasteiger partial charge on any atom is 0.325 e. The van der Waals surface area contributed by atoms with Gasteiger partial charge in [-0.3, -0.25) is 14.5 Å². The number of hydrogen-bond donors (Lipinski definition) is 2. The maximum atomic E-state index is 13.0. The van der Waals surface area contributed by atoms with Crippen LogP contribution in [-0.2, 0) is 9.59 Å². The van der Waals surface area contributed by atoms with Crippen molar-refractivity contribution in [3.05, 3.63) is 18.2 Å². The molecule has 2 aliphatic rings. The Morgan fingerprint density at radius 3 is 2.62 bits per heavy atom. The van der Waals surface area contributed by atoms with Crippen LogP contribution in [0.2, 0.25) is 0 Å². The normalized spacial score (nSPS) is 23.8. The number of rotatable bonds is 7. The standard InChI is InChI=1S/C21H29N3O5/c1-4-28-16-10-9-15(12-17(16)29-5-2)22-18(25)13-24-19(26)21(23-20(24)27)11-7-6-8-14(21)3/h9-10,12,14H,4-8,11,13H2,1-3H3,(H,22,25)(H,23,27)/t14-,21-/m1/s1. The number of nitrogens with one attached hydrogen (secondary N) is 2. The molecule has 0 bridgehead atoms. The molecule has 0 aromatic heterocycles. The van der Waals surface area contributed by atoms with E-state index in [9.17, 15) is 14.4 Å². The largest absolute Gasteiger partial charge is 0.490 e. The number of amides is 4. The van der Waals surface area contributed by atoms with Gasteiger partial charge in [0.2, 0.25) is 5.91 Å². The average Bonchev–Trinajstić information content (AvgIpc) is 2.91. The van der Waals surface area contributed by atoms with Crippen LogP contribution in [0.1, 0.15) is 46.5 Å². The van der Waals surface area contributed by atoms with Gasteiger partial charge in [-0.25, -0.2) is 4.79 Å². The van der Waals surface area contributed by atoms with Crippen LogP contribution in [0.3, 0.4) is 0 Å². The number of nitrogens with zero attached hydrogens (tertiary/aromatic N) is 1. The zero-order chi connectivity index (χ0) is 21.0. The fraction of sp³-hybridized carbons (Fsp3) is 0.571. The van der Waals surface area contributed by atoms with E-state index in [-0.39, 0.29) is 18.4 Å². The minimum atomic E-state index is -0.864. The molecule has 8 nitrogen and oxygen atoms in total. The molecule has 1 spiro atoms. The second-order valence-electron chi connectivity index (χ2n) is 7.52. The van der Waals surface area contributed by atoms with Crippen LogP contribution >= 0.6 is 0 Å². The van der Waals surface area contributed by atoms with Crippen LogP contribution in [0, 0.1) is 5.92 Å². The van der Waals surface area contributed by atoms with Crippen LogP contribution in [0.15, 0.2) is 18.2 Å². The summed E-state index contributed by atoms with van der Waals surface area (Å²) in [5, 5.41) is 5.59. The van der Waals surface area contributed by atoms with E-state index in [2.05, 4.69) is 10.6 Å². The van der Waals surface area contributed by atoms with E-state index in [4.69, 9.17) is 9.47 Å². The molecule has 1 saturated heterocycles. The fourth-order valence-corrected chi connectivity index (χ4v) is 4.11. The number of benzene rings is 1. The lowest BCUT2D eigenvalue weighted by atomic mass is 9.73. The molecule has 0 unspecified atom stereocenters. The number of carbonyl (C=O) groups excluding carboxylic acids is 3. The van der Waals surface area contributed by atoms with Gasteiger partial charge in [-0.1, -0.05) is 19.8 Å². The summed E-state index contributed by atoms with van der Waals surface area (Å²) in [5.74, 6) is 0.430. The van der Waals surface area contributed by atoms with E-state index >= 15 is 0 Å². The summed E-state index contributed by atoms with van der Waals surface area (Å²) in [6.07, 6.45) is 3.45. The zero-order valence-corrected chi connectivity index (χ0v) is 17.2. The highest BCUT2D eigenvalue weighted by Gasteiger charge is 2.55. The summed E-state index contributed by atoms with van der Waals surface area (Å²) in [6, 6.07) is 4.59. The fourth-order valence-electron chi connectivity index (χ4n) is 4.11. The molecular formula is C21H29N3O5. The lowest BCUT2D eigenvalue weighted by Crippen LogP contribution is -2.54. The highest BCUT2D eigenvalue weighted by Crippen LogP contribution is 2.38. The Bertz CT molecular complexity index is 797. The summed E-state index contributed by atoms with van der Waals surface area (Å²) < 4.78 is 11.1. The Balaban J connectivity index is 1.68. The highest BCUT2D eigenvalue weighted by molar-refractivity contribution is 6.10. The third-order valence-electron chi connectivity index (χ3n) is 5.63. The third-order valence-corrected chi connectivity index (χ3v) is 5.63. The van der Waals surface area contributed by atoms with Gasteiger partial charge < -0.3 is 20.1 Å². The van der Waals surface area contributed by atoms with Crippen molar-refractivity contribution in [2.75, 3.05) is 25.1 Å². The predicted octanol–water partition coefficient (Wildman–Crippen LogP) is 2.92. The van der Waals surface area contributed by atoms with Crippen molar-refractivity contribution >= 4 is 23.5 Å². The molecule has 2 N–H and O–H groups in total. The lowest BCUT2D eigenvalue weighted by Gasteiger charge is -2.36. The zero-order valence-electron chi connectivity index (χ0n) is 17.2. The third kappa shape index (κ3) is 4.16. The summed E-state index contributed by atoms with van der Waals surface area (Å²) in [7, 11) is 0. The van der Waals surface area contributed by atoms with Crippen molar-refractivity contribution in [1.29, 1.82) is 0 Å². The molecule has 2 atom stereocenters. The minimum absolute atomic E-state index is 0.0561. The van der Waals surface area contributed by atoms with E-state index in [1.165, 1.54) is 0 Å². The van der Waals surface area contributed by atoms with Crippen LogP contribution < -0.4 is 20.1 Å². The van der Waals surface area contributed by atoms with Crippen LogP contribution in [-0.4, -0.2) is 48.0 Å². The number of anilines is 1. The van der Waals surface area contributed by atoms with E-state index in [1.54, 1.807) is 18.2 Å². The van der Waals surface area contributed by atoms with E-state index in [1.807, 2.05) is 20.8 Å². The van der Waals surface area contributed by atoms with Crippen LogP contribution in [0.5, 0.6) is 11.5 Å². The Labute approximate surface area is 170 Å². The molecule has 2 fully saturated rings. The summed E-state index contributed by atoms with van der Waals surface area (Å²) >= 11 is 0. The number of ether oxygens (including phenoxy) is 2. The van der Waals surface area contributed by atoms with Gasteiger partial charge in [0.25, 0.3) is 5.91 Å². The molecule has 8 heteroatoms. The summed E-state index contributed by atoms with van der Waals surface area (Å²) in [6.45, 7) is 6.36. The molecule has 158 valence electrons. The highest BCUT2D eigenvalue weighted by atomic mass is 16.5. The summed E-state index contributed by atoms with van der Waals surface area (Å²) in [5.41, 5.74) is -0.355. The van der Waals surface area contributed by atoms with Crippen molar-refractivity contribution in [3.63, 3.8) is 0 Å². The lowest BCUT2D eigenvalue weighted by molar-refractivity contribution is -0.136. The van der Waals surface area contributed by atoms with Gasteiger partial charge in [0.05, 0.1) is 13.2 Å². The molecule has 1 aromatic carbocycles. The molecule has 1 aliphatic carbocycles. The Kier molecular flexibility index (Phi) is 6.30. The molecule has 1 heterocycles. The molecular weight excluding hydrogens is 374 g/mol. The topological polar surface area (TPSA) is 97.0 Å². The van der Waals surface area contributed by atoms with Gasteiger partial charge in [0, 0.05) is 11.8 Å². The first-order valence-corrected chi connectivity index (χ1v) is 10.2. The monoisotopic (exact) mass is 403 g/mol. The second-order valence-corrected chi connectivity index (χ2v) is 7.52. The van der Waals surface area contributed by atoms with Crippen molar-refractivity contribution < 1.29 is 23.9 Å². The maximum absolute atomic E-state index is 13.0. The van der Waals surface area contributed by atoms with E-state index in [0.717, 1.165) is 24.2 Å². The second kappa shape index (κ2) is 8.71. The van der Waals surface area contributed by atoms with Crippen molar-refractivity contribution in [3.8, 4) is 11.5 Å². The first-order chi connectivity index (χ1) is 13.9. The Morgan fingerprint density at radius 1 is 1.21 bits per heavy atom. The number of carbonyl (C=O) groups is 3. The Hall–Kier alpha value is -2.77. The minimum Gasteiger partial charge on any atom is -0.490 e. The van der Waals surface area contributed by atoms with Gasteiger partial charge in [-0.05, 0) is 44.7 Å². The Morgan fingerprint density at radius 2 is 1.93 bits per heavy atom. The average molecular weight is 403 g/mol. The van der Waals surface area contributed by atoms with Gasteiger partial charge in [0.15, 0.2) is 11.5 Å². The molecule has 4 amide bonds.